The number of hydrogen-bond acceptors (Lipinski definition) is 2. The van der Waals surface area contributed by atoms with Crippen LogP contribution in [0, 0.1) is 12.8 Å². The first kappa shape index (κ1) is 19.9. The molecule has 2 aromatic carbocycles. The summed E-state index contributed by atoms with van der Waals surface area (Å²) in [6.07, 6.45) is 1.97. The van der Waals surface area contributed by atoms with Gasteiger partial charge in [0.1, 0.15) is 0 Å². The number of carbonyl (C=O) groups excluding carboxylic acids is 1. The van der Waals surface area contributed by atoms with Gasteiger partial charge in [0, 0.05) is 23.8 Å². The fourth-order valence-electron chi connectivity index (χ4n) is 3.85. The topological polar surface area (TPSA) is 32.3 Å². The molecule has 3 rings (SSSR count). The van der Waals surface area contributed by atoms with Gasteiger partial charge in [-0.2, -0.15) is 0 Å². The number of carbonyl (C=O) groups is 1. The summed E-state index contributed by atoms with van der Waals surface area (Å²) in [5, 5.41) is 4.03. The van der Waals surface area contributed by atoms with E-state index in [0.29, 0.717) is 5.92 Å². The molecule has 1 aliphatic rings. The van der Waals surface area contributed by atoms with Gasteiger partial charge in [-0.25, -0.2) is 0 Å². The van der Waals surface area contributed by atoms with Crippen LogP contribution in [0.4, 0.5) is 5.69 Å². The Morgan fingerprint density at radius 2 is 2.00 bits per heavy atom. The first-order chi connectivity index (χ1) is 13.0. The van der Waals surface area contributed by atoms with E-state index in [2.05, 4.69) is 55.3 Å². The highest BCUT2D eigenvalue weighted by Crippen LogP contribution is 2.29. The third-order valence-electron chi connectivity index (χ3n) is 5.40. The Balaban J connectivity index is 1.68. The van der Waals surface area contributed by atoms with Gasteiger partial charge in [0.2, 0.25) is 5.91 Å². The van der Waals surface area contributed by atoms with Gasteiger partial charge in [-0.15, -0.1) is 0 Å². The molecule has 27 heavy (non-hydrogen) atoms. The smallest absolute Gasteiger partial charge is 0.228 e. The van der Waals surface area contributed by atoms with Crippen molar-refractivity contribution in [2.75, 3.05) is 18.4 Å². The number of para-hydroxylation sites is 1. The van der Waals surface area contributed by atoms with Crippen LogP contribution in [0.1, 0.15) is 49.3 Å². The summed E-state index contributed by atoms with van der Waals surface area (Å²) in [6.45, 7) is 8.97. The molecule has 1 aliphatic heterocycles. The molecular weight excluding hydrogens is 356 g/mol. The van der Waals surface area contributed by atoms with Gasteiger partial charge in [0.05, 0.1) is 5.92 Å². The van der Waals surface area contributed by atoms with E-state index in [1.165, 1.54) is 5.56 Å². The van der Waals surface area contributed by atoms with Crippen molar-refractivity contribution in [3.8, 4) is 0 Å². The van der Waals surface area contributed by atoms with E-state index in [1.54, 1.807) is 0 Å². The largest absolute Gasteiger partial charge is 0.325 e. The van der Waals surface area contributed by atoms with Crippen molar-refractivity contribution in [1.29, 1.82) is 0 Å². The third-order valence-corrected chi connectivity index (χ3v) is 5.77. The highest BCUT2D eigenvalue weighted by Gasteiger charge is 2.27. The Hall–Kier alpha value is -1.84. The highest BCUT2D eigenvalue weighted by molar-refractivity contribution is 6.31. The van der Waals surface area contributed by atoms with E-state index in [9.17, 15) is 4.79 Å². The third kappa shape index (κ3) is 4.91. The number of nitrogens with one attached hydrogen (secondary N) is 1. The Morgan fingerprint density at radius 3 is 2.74 bits per heavy atom. The number of benzene rings is 2. The van der Waals surface area contributed by atoms with Crippen molar-refractivity contribution >= 4 is 23.2 Å². The molecule has 0 bridgehead atoms. The molecule has 0 radical (unpaired) electrons. The molecule has 0 spiro atoms. The van der Waals surface area contributed by atoms with Crippen molar-refractivity contribution in [2.45, 2.75) is 46.1 Å². The molecule has 1 amide bonds. The van der Waals surface area contributed by atoms with Crippen LogP contribution >= 0.6 is 11.6 Å². The number of aryl methyl sites for hydroxylation is 1. The van der Waals surface area contributed by atoms with Gasteiger partial charge in [0.25, 0.3) is 0 Å². The maximum Gasteiger partial charge on any atom is 0.228 e. The second kappa shape index (κ2) is 8.90. The first-order valence-corrected chi connectivity index (χ1v) is 10.2. The Kier molecular flexibility index (Phi) is 6.56. The fourth-order valence-corrected chi connectivity index (χ4v) is 4.04. The van der Waals surface area contributed by atoms with E-state index in [4.69, 9.17) is 11.6 Å². The first-order valence-electron chi connectivity index (χ1n) is 9.82. The minimum absolute atomic E-state index is 0.0147. The van der Waals surface area contributed by atoms with Gasteiger partial charge in [-0.1, -0.05) is 61.8 Å². The molecule has 2 aromatic rings. The number of piperidine rings is 1. The lowest BCUT2D eigenvalue weighted by Gasteiger charge is -2.32. The molecular formula is C23H29ClN2O. The molecule has 3 nitrogen and oxygen atoms in total. The lowest BCUT2D eigenvalue weighted by Crippen LogP contribution is -2.40. The molecule has 0 unspecified atom stereocenters. The second-order valence-corrected chi connectivity index (χ2v) is 8.26. The van der Waals surface area contributed by atoms with Crippen molar-refractivity contribution < 1.29 is 4.79 Å². The molecule has 1 N–H and O–H groups in total. The molecule has 1 heterocycles. The number of amides is 1. The average molecular weight is 385 g/mol. The highest BCUT2D eigenvalue weighted by atomic mass is 35.5. The normalized spacial score (nSPS) is 17.9. The number of nitrogens with zero attached hydrogens (tertiary/aromatic N) is 1. The van der Waals surface area contributed by atoms with E-state index >= 15 is 0 Å². The summed E-state index contributed by atoms with van der Waals surface area (Å²) in [5.74, 6) is 0.527. The van der Waals surface area contributed by atoms with Crippen LogP contribution < -0.4 is 5.32 Å². The summed E-state index contributed by atoms with van der Waals surface area (Å²) in [5.41, 5.74) is 4.44. The predicted molar refractivity (Wildman–Crippen MR) is 113 cm³/mol. The van der Waals surface area contributed by atoms with Gasteiger partial charge >= 0.3 is 0 Å². The minimum atomic E-state index is 0.0147. The quantitative estimate of drug-likeness (QED) is 0.725. The molecule has 1 saturated heterocycles. The average Bonchev–Trinajstić information content (AvgIpc) is 2.65. The van der Waals surface area contributed by atoms with Crippen molar-refractivity contribution in [2.24, 2.45) is 5.92 Å². The SMILES string of the molecule is Cc1cccc(C(C)C)c1NC(=O)[C@@H]1CCCN(Cc2ccccc2Cl)C1. The van der Waals surface area contributed by atoms with Gasteiger partial charge in [-0.3, -0.25) is 9.69 Å². The van der Waals surface area contributed by atoms with E-state index in [0.717, 1.165) is 54.3 Å². The Bertz CT molecular complexity index is 803. The predicted octanol–water partition coefficient (Wildman–Crippen LogP) is 5.62. The van der Waals surface area contributed by atoms with Crippen LogP contribution in [0.25, 0.3) is 0 Å². The fraction of sp³-hybridized carbons (Fsp3) is 0.435. The zero-order valence-electron chi connectivity index (χ0n) is 16.5. The van der Waals surface area contributed by atoms with E-state index < -0.39 is 0 Å². The van der Waals surface area contributed by atoms with Crippen LogP contribution in [0.5, 0.6) is 0 Å². The summed E-state index contributed by atoms with van der Waals surface area (Å²) < 4.78 is 0. The molecule has 1 fully saturated rings. The monoisotopic (exact) mass is 384 g/mol. The number of likely N-dealkylation sites (tertiary alicyclic amines) is 1. The number of anilines is 1. The summed E-state index contributed by atoms with van der Waals surface area (Å²) in [4.78, 5) is 15.3. The summed E-state index contributed by atoms with van der Waals surface area (Å²) in [7, 11) is 0. The van der Waals surface area contributed by atoms with Crippen LogP contribution in [0.15, 0.2) is 42.5 Å². The molecule has 144 valence electrons. The molecule has 1 atom stereocenters. The summed E-state index contributed by atoms with van der Waals surface area (Å²) >= 11 is 6.31. The number of halogens is 1. The van der Waals surface area contributed by atoms with Crippen LogP contribution in [0.2, 0.25) is 5.02 Å². The van der Waals surface area contributed by atoms with Crippen molar-refractivity contribution in [3.63, 3.8) is 0 Å². The number of rotatable bonds is 5. The molecule has 0 aliphatic carbocycles. The standard InChI is InChI=1S/C23H29ClN2O/c1-16(2)20-11-6-8-17(3)22(20)25-23(27)19-10-7-13-26(15-19)14-18-9-4-5-12-21(18)24/h4-6,8-9,11-12,16,19H,7,10,13-15H2,1-3H3,(H,25,27)/t19-/m1/s1. The second-order valence-electron chi connectivity index (χ2n) is 7.85. The number of hydrogen-bond donors (Lipinski definition) is 1. The van der Waals surface area contributed by atoms with Gasteiger partial charge in [-0.05, 0) is 55.0 Å². The van der Waals surface area contributed by atoms with Gasteiger partial charge < -0.3 is 5.32 Å². The minimum Gasteiger partial charge on any atom is -0.325 e. The zero-order valence-corrected chi connectivity index (χ0v) is 17.2. The molecule has 0 aromatic heterocycles. The zero-order chi connectivity index (χ0) is 19.4. The van der Waals surface area contributed by atoms with Crippen molar-refractivity contribution in [1.82, 2.24) is 4.90 Å². The molecule has 0 saturated carbocycles. The lowest BCUT2D eigenvalue weighted by molar-refractivity contribution is -0.121. The van der Waals surface area contributed by atoms with Crippen LogP contribution in [0.3, 0.4) is 0 Å². The Labute approximate surface area is 167 Å². The van der Waals surface area contributed by atoms with E-state index in [1.807, 2.05) is 18.2 Å². The molecule has 4 heteroatoms. The maximum atomic E-state index is 13.0. The summed E-state index contributed by atoms with van der Waals surface area (Å²) in [6, 6.07) is 14.2. The van der Waals surface area contributed by atoms with Crippen molar-refractivity contribution in [3.05, 3.63) is 64.2 Å². The van der Waals surface area contributed by atoms with Crippen LogP contribution in [-0.2, 0) is 11.3 Å². The lowest BCUT2D eigenvalue weighted by atomic mass is 9.94. The van der Waals surface area contributed by atoms with Crippen LogP contribution in [-0.4, -0.2) is 23.9 Å². The maximum absolute atomic E-state index is 13.0. The van der Waals surface area contributed by atoms with E-state index in [-0.39, 0.29) is 11.8 Å². The Morgan fingerprint density at radius 1 is 1.22 bits per heavy atom. The van der Waals surface area contributed by atoms with Gasteiger partial charge in [0.15, 0.2) is 0 Å².